The van der Waals surface area contributed by atoms with Gasteiger partial charge in [-0.05, 0) is 55.7 Å². The molecule has 2 aromatic carbocycles. The van der Waals surface area contributed by atoms with Crippen LogP contribution in [0.25, 0.3) is 10.8 Å². The normalized spacial score (nSPS) is 14.0. The number of aromatic hydroxyl groups is 1. The molecule has 2 rings (SSSR count). The summed E-state index contributed by atoms with van der Waals surface area (Å²) in [6, 6.07) is 1.63. The fraction of sp³-hybridized carbons (Fsp3) is 0.0833. The smallest absolute Gasteiger partial charge is 0.296 e. The lowest BCUT2D eigenvalue weighted by atomic mass is 10.1. The van der Waals surface area contributed by atoms with Gasteiger partial charge in [0.2, 0.25) is 0 Å². The molecule has 0 fully saturated rings. The number of azo groups is 2. The van der Waals surface area contributed by atoms with Crippen molar-refractivity contribution in [2.24, 2.45) is 20.5 Å². The van der Waals surface area contributed by atoms with Crippen LogP contribution in [-0.2, 0) is 20.2 Å². The van der Waals surface area contributed by atoms with Gasteiger partial charge in [-0.3, -0.25) is 9.11 Å². The van der Waals surface area contributed by atoms with Crippen LogP contribution in [0.2, 0.25) is 0 Å². The van der Waals surface area contributed by atoms with Crippen LogP contribution >= 0.6 is 0 Å². The molecule has 0 saturated heterocycles. The van der Waals surface area contributed by atoms with Crippen LogP contribution in [0, 0.1) is 0 Å². The molecule has 200 valence electrons. The number of phenolic OH excluding ortho intramolecular Hbond substituents is 1. The van der Waals surface area contributed by atoms with E-state index in [-0.39, 0.29) is 22.2 Å². The van der Waals surface area contributed by atoms with E-state index in [2.05, 4.69) is 33.6 Å². The summed E-state index contributed by atoms with van der Waals surface area (Å²) in [6.45, 7) is 10.6. The Labute approximate surface area is 219 Å². The Hall–Kier alpha value is -4.24. The number of phenols is 1. The number of nitrogens with zero attached hydrogens (tertiary/aromatic N) is 4. The van der Waals surface area contributed by atoms with Crippen molar-refractivity contribution in [1.82, 2.24) is 0 Å². The Morgan fingerprint density at radius 2 is 1.26 bits per heavy atom. The van der Waals surface area contributed by atoms with E-state index in [0.717, 1.165) is 12.1 Å². The van der Waals surface area contributed by atoms with Gasteiger partial charge >= 0.3 is 0 Å². The summed E-state index contributed by atoms with van der Waals surface area (Å²) in [5.74, 6) is -0.863. The largest absolute Gasteiger partial charge is 0.505 e. The molecule has 0 heterocycles. The SMILES string of the molecule is C=C/C(=C\C=C/C)N=Nc1c(S(=O)(=O)O)cc2cc(S(=O)(=O)O)c(N=N/C(C=C)=C/C=C\C)c(O)c2c1N. The molecule has 0 spiro atoms. The van der Waals surface area contributed by atoms with E-state index < -0.39 is 52.8 Å². The van der Waals surface area contributed by atoms with E-state index >= 15 is 0 Å². The van der Waals surface area contributed by atoms with E-state index in [0.29, 0.717) is 0 Å². The molecule has 0 aliphatic heterocycles. The molecule has 0 aliphatic rings. The minimum Gasteiger partial charge on any atom is -0.505 e. The Morgan fingerprint density at radius 1 is 0.842 bits per heavy atom. The third kappa shape index (κ3) is 6.95. The zero-order valence-electron chi connectivity index (χ0n) is 20.3. The number of nitrogens with two attached hydrogens (primary N) is 1. The molecule has 38 heavy (non-hydrogen) atoms. The van der Waals surface area contributed by atoms with E-state index in [1.54, 1.807) is 38.2 Å². The third-order valence-electron chi connectivity index (χ3n) is 4.74. The number of nitrogen functional groups attached to an aromatic ring is 1. The number of allylic oxidation sites excluding steroid dienone is 8. The molecule has 0 amide bonds. The number of benzene rings is 2. The van der Waals surface area contributed by atoms with Gasteiger partial charge in [0.15, 0.2) is 5.75 Å². The lowest BCUT2D eigenvalue weighted by molar-refractivity contribution is 0.472. The quantitative estimate of drug-likeness (QED) is 0.116. The van der Waals surface area contributed by atoms with Crippen molar-refractivity contribution in [3.8, 4) is 5.75 Å². The van der Waals surface area contributed by atoms with Crippen molar-refractivity contribution >= 4 is 48.1 Å². The fourth-order valence-corrected chi connectivity index (χ4v) is 4.32. The lowest BCUT2D eigenvalue weighted by Crippen LogP contribution is -2.03. The number of hydrogen-bond acceptors (Lipinski definition) is 10. The number of hydrogen-bond donors (Lipinski definition) is 4. The first kappa shape index (κ1) is 30.0. The van der Waals surface area contributed by atoms with Crippen molar-refractivity contribution in [2.75, 3.05) is 5.73 Å². The van der Waals surface area contributed by atoms with E-state index in [1.807, 2.05) is 0 Å². The Morgan fingerprint density at radius 3 is 1.66 bits per heavy atom. The first-order valence-electron chi connectivity index (χ1n) is 10.6. The van der Waals surface area contributed by atoms with Crippen molar-refractivity contribution in [1.29, 1.82) is 0 Å². The second-order valence-corrected chi connectivity index (χ2v) is 10.1. The summed E-state index contributed by atoms with van der Waals surface area (Å²) in [6.07, 6.45) is 12.2. The maximum atomic E-state index is 12.1. The molecule has 12 nitrogen and oxygen atoms in total. The van der Waals surface area contributed by atoms with Crippen LogP contribution in [0.3, 0.4) is 0 Å². The predicted molar refractivity (Wildman–Crippen MR) is 145 cm³/mol. The molecule has 0 aromatic heterocycles. The van der Waals surface area contributed by atoms with Gasteiger partial charge < -0.3 is 10.8 Å². The summed E-state index contributed by atoms with van der Waals surface area (Å²) >= 11 is 0. The van der Waals surface area contributed by atoms with Crippen molar-refractivity contribution < 1.29 is 31.0 Å². The van der Waals surface area contributed by atoms with E-state index in [1.165, 1.54) is 24.3 Å². The summed E-state index contributed by atoms with van der Waals surface area (Å²) in [5, 5.41) is 25.8. The first-order valence-corrected chi connectivity index (χ1v) is 13.5. The monoisotopic (exact) mass is 559 g/mol. The zero-order valence-corrected chi connectivity index (χ0v) is 22.0. The highest BCUT2D eigenvalue weighted by molar-refractivity contribution is 7.86. The summed E-state index contributed by atoms with van der Waals surface area (Å²) in [5.41, 5.74) is 4.80. The molecule has 0 radical (unpaired) electrons. The molecule has 0 bridgehead atoms. The third-order valence-corrected chi connectivity index (χ3v) is 6.47. The average Bonchev–Trinajstić information content (AvgIpc) is 2.84. The van der Waals surface area contributed by atoms with Gasteiger partial charge in [0, 0.05) is 0 Å². The number of rotatable bonds is 10. The van der Waals surface area contributed by atoms with Crippen molar-refractivity contribution in [2.45, 2.75) is 23.6 Å². The van der Waals surface area contributed by atoms with Crippen molar-refractivity contribution in [3.63, 3.8) is 0 Å². The zero-order chi connectivity index (χ0) is 28.7. The van der Waals surface area contributed by atoms with Crippen LogP contribution < -0.4 is 5.73 Å². The summed E-state index contributed by atoms with van der Waals surface area (Å²) in [4.78, 5) is -1.74. The highest BCUT2D eigenvalue weighted by atomic mass is 32.2. The molecule has 5 N–H and O–H groups in total. The maximum Gasteiger partial charge on any atom is 0.296 e. The second-order valence-electron chi connectivity index (χ2n) is 7.30. The molecule has 0 aliphatic carbocycles. The highest BCUT2D eigenvalue weighted by Crippen LogP contribution is 2.48. The Bertz CT molecular complexity index is 1560. The van der Waals surface area contributed by atoms with Crippen LogP contribution in [0.15, 0.2) is 116 Å². The molecule has 14 heteroatoms. The fourth-order valence-electron chi connectivity index (χ4n) is 2.99. The molecular weight excluding hydrogens is 534 g/mol. The first-order chi connectivity index (χ1) is 17.8. The van der Waals surface area contributed by atoms with Gasteiger partial charge in [-0.1, -0.05) is 37.5 Å². The molecule has 0 unspecified atom stereocenters. The molecule has 0 atom stereocenters. The highest BCUT2D eigenvalue weighted by Gasteiger charge is 2.27. The van der Waals surface area contributed by atoms with Gasteiger partial charge in [-0.25, -0.2) is 0 Å². The van der Waals surface area contributed by atoms with Gasteiger partial charge in [0.1, 0.15) is 21.2 Å². The second kappa shape index (κ2) is 12.3. The van der Waals surface area contributed by atoms with Crippen LogP contribution in [0.1, 0.15) is 13.8 Å². The molecule has 2 aromatic rings. The Kier molecular flexibility index (Phi) is 9.73. The van der Waals surface area contributed by atoms with Gasteiger partial charge in [0.05, 0.1) is 22.5 Å². The molecular formula is C24H25N5O7S2. The minimum absolute atomic E-state index is 0.179. The van der Waals surface area contributed by atoms with Crippen LogP contribution in [-0.4, -0.2) is 31.0 Å². The standard InChI is InChI=1S/C24H25N5O7S2/c1-5-9-11-16(7-3)26-28-22-18(37(31,32)33)13-15-14-19(38(34,35)36)23(24(30)20(15)21(22)25)29-27-17(8-4)12-10-6-2/h5-14,30H,3-4,25H2,1-2H3,(H,31,32,33)(H,34,35,36)/b9-5-,10-6-,16-11+,17-12+,28-26?,29-27?. The van der Waals surface area contributed by atoms with Gasteiger partial charge in [-0.15, -0.1) is 10.2 Å². The minimum atomic E-state index is -5.02. The predicted octanol–water partition coefficient (Wildman–Crippen LogP) is 6.08. The summed E-state index contributed by atoms with van der Waals surface area (Å²) < 4.78 is 68.1. The van der Waals surface area contributed by atoms with Crippen LogP contribution in [0.5, 0.6) is 5.75 Å². The number of anilines is 1. The maximum absolute atomic E-state index is 12.1. The average molecular weight is 560 g/mol. The molecule has 0 saturated carbocycles. The number of fused-ring (bicyclic) bond motifs is 1. The van der Waals surface area contributed by atoms with Gasteiger partial charge in [-0.2, -0.15) is 27.1 Å². The van der Waals surface area contributed by atoms with E-state index in [4.69, 9.17) is 5.73 Å². The van der Waals surface area contributed by atoms with Crippen LogP contribution in [0.4, 0.5) is 17.1 Å². The summed E-state index contributed by atoms with van der Waals surface area (Å²) in [7, 11) is -9.99. The van der Waals surface area contributed by atoms with E-state index in [9.17, 15) is 31.0 Å². The van der Waals surface area contributed by atoms with Crippen molar-refractivity contribution in [3.05, 3.63) is 85.3 Å². The lowest BCUT2D eigenvalue weighted by Gasteiger charge is -2.14. The Balaban J connectivity index is 3.04. The topological polar surface area (TPSA) is 204 Å². The van der Waals surface area contributed by atoms with Gasteiger partial charge in [0.25, 0.3) is 20.2 Å².